The molecule has 3 aliphatic heterocycles. The zero-order valence-corrected chi connectivity index (χ0v) is 51.5. The number of halogens is 1. The lowest BCUT2D eigenvalue weighted by atomic mass is 9.75. The van der Waals surface area contributed by atoms with Crippen molar-refractivity contribution in [2.45, 2.75) is 109 Å². The monoisotopic (exact) mass is 1310 g/mol. The van der Waals surface area contributed by atoms with E-state index in [1.165, 1.54) is 31.4 Å². The number of carbonyl (C=O) groups is 3. The Hall–Kier alpha value is -5.84. The number of imide groups is 1. The number of anilines is 1. The summed E-state index contributed by atoms with van der Waals surface area (Å²) in [5.41, 5.74) is 0.579. The Bertz CT molecular complexity index is 4220. The molecule has 4 aromatic rings. The Balaban J connectivity index is 1.25. The van der Waals surface area contributed by atoms with E-state index in [1.807, 2.05) is 0 Å². The van der Waals surface area contributed by atoms with Crippen molar-refractivity contribution in [1.82, 2.24) is 5.06 Å². The molecule has 0 aromatic heterocycles. The number of ether oxygens (including phenoxy) is 3. The van der Waals surface area contributed by atoms with Crippen molar-refractivity contribution in [1.29, 1.82) is 0 Å². The van der Waals surface area contributed by atoms with Crippen LogP contribution in [0.3, 0.4) is 0 Å². The van der Waals surface area contributed by atoms with Gasteiger partial charge in [0.1, 0.15) is 47.0 Å². The van der Waals surface area contributed by atoms with Gasteiger partial charge >= 0.3 is 5.97 Å². The second-order valence-electron chi connectivity index (χ2n) is 21.4. The first-order chi connectivity index (χ1) is 40.1. The molecule has 4 aliphatic rings. The Morgan fingerprint density at radius 3 is 1.81 bits per heavy atom. The van der Waals surface area contributed by atoms with E-state index in [1.54, 1.807) is 54.6 Å². The van der Waals surface area contributed by atoms with Gasteiger partial charge in [-0.25, -0.2) is 46.9 Å². The highest BCUT2D eigenvalue weighted by Gasteiger charge is 2.47. The van der Waals surface area contributed by atoms with Crippen LogP contribution in [0.5, 0.6) is 0 Å². The summed E-state index contributed by atoms with van der Waals surface area (Å²) in [6, 6.07) is 8.50. The highest BCUT2D eigenvalue weighted by molar-refractivity contribution is 7.87. The third kappa shape index (κ3) is 14.2. The van der Waals surface area contributed by atoms with E-state index in [4.69, 9.17) is 30.6 Å². The number of allylic oxidation sites excluding steroid dienone is 8. The molecule has 0 saturated carbocycles. The molecule has 0 N–H and O–H groups in total. The average molecular weight is 1310 g/mol. The Morgan fingerprint density at radius 2 is 1.24 bits per heavy atom. The molecule has 1 aliphatic carbocycles. The molecule has 1 unspecified atom stereocenters. The van der Waals surface area contributed by atoms with Gasteiger partial charge in [-0.3, -0.25) is 9.59 Å². The minimum absolute atomic E-state index is 0.0132. The molecule has 0 spiro atoms. The molecule has 25 nitrogen and oxygen atoms in total. The molecular weight excluding hydrogens is 1250 g/mol. The molecule has 8 rings (SSSR count). The van der Waals surface area contributed by atoms with Crippen molar-refractivity contribution in [3.05, 3.63) is 106 Å². The van der Waals surface area contributed by atoms with Crippen LogP contribution < -0.4 is 4.90 Å². The minimum Gasteiger partial charge on any atom is -0.748 e. The number of fused-ring (bicyclic) bond motifs is 6. The fourth-order valence-corrected chi connectivity index (χ4v) is 15.0. The van der Waals surface area contributed by atoms with E-state index in [0.29, 0.717) is 89.2 Å². The van der Waals surface area contributed by atoms with Gasteiger partial charge in [0.05, 0.1) is 74.6 Å². The van der Waals surface area contributed by atoms with E-state index >= 15 is 0 Å². The maximum Gasteiger partial charge on any atom is 0.333 e. The molecule has 466 valence electrons. The standard InChI is InChI=1S/C55H62ClN3O22S5/c1-54(2)46(57(22-6-10-50(62)81-59-48(60)19-20-49(59)61)42-15-13-38-40(51(42)54)30-36(83(66,67)68)32-44(38)85(72,73)74)17-11-34-8-5-9-35(53(34)56)12-18-47-55(3,21-7-29-82(63,64)65)52-41-31-37(84(69,70)71)33-45(86(75,76)77)39(41)14-16-43(52)58(47)23-24-79-27-28-80-26-25-78-4/h11-18,30-33H,5-10,19-29H2,1-4H3,(H4-,63,64,65,66,67,68,69,70,71,72,73,74,75,76,77)/p-4. The summed E-state index contributed by atoms with van der Waals surface area (Å²) in [5, 5.41) is 0.0901. The van der Waals surface area contributed by atoms with E-state index in [-0.39, 0.29) is 104 Å². The van der Waals surface area contributed by atoms with Crippen LogP contribution in [0.1, 0.15) is 89.7 Å². The van der Waals surface area contributed by atoms with E-state index in [0.717, 1.165) is 12.1 Å². The molecule has 0 radical (unpaired) electrons. The van der Waals surface area contributed by atoms with Crippen LogP contribution in [0.2, 0.25) is 0 Å². The first-order valence-electron chi connectivity index (χ1n) is 26.7. The number of hydrogen-bond acceptors (Lipinski definition) is 23. The molecular formula is C55H58ClN3O22S5-4. The van der Waals surface area contributed by atoms with Gasteiger partial charge < -0.3 is 46.7 Å². The highest BCUT2D eigenvalue weighted by Crippen LogP contribution is 2.54. The second kappa shape index (κ2) is 25.3. The SMILES string of the molecule is COCCOCCOCCN1C(=CC=C2CCCC(C=CC3=[N+](CCCC(=O)ON4C(=O)CCC4=O)c4ccc5c(S(=O)(=O)[O-])cc(S(=O)(=O)[O-])cc5c4C3(C)C)=C2Cl)C(C)(CCCS(=O)(=O)[O-])c2c1ccc1c(S(=O)(=O)[O-])cc(S(=O)(=O)[O-])cc21. The summed E-state index contributed by atoms with van der Waals surface area (Å²) in [6.07, 6.45) is 7.13. The van der Waals surface area contributed by atoms with Crippen LogP contribution in [0.4, 0.5) is 11.4 Å². The van der Waals surface area contributed by atoms with E-state index in [2.05, 4.69) is 0 Å². The number of hydroxylamine groups is 2. The van der Waals surface area contributed by atoms with Crippen molar-refractivity contribution in [3.8, 4) is 0 Å². The number of rotatable bonds is 25. The Labute approximate surface area is 502 Å². The van der Waals surface area contributed by atoms with Crippen LogP contribution in [0.15, 0.2) is 114 Å². The second-order valence-corrected chi connectivity index (χ2v) is 28.8. The summed E-state index contributed by atoms with van der Waals surface area (Å²) in [6.45, 7) is 6.13. The van der Waals surface area contributed by atoms with Crippen molar-refractivity contribution in [2.24, 2.45) is 0 Å². The maximum atomic E-state index is 13.0. The van der Waals surface area contributed by atoms with Crippen molar-refractivity contribution in [2.75, 3.05) is 63.9 Å². The predicted octanol–water partition coefficient (Wildman–Crippen LogP) is 5.20. The van der Waals surface area contributed by atoms with E-state index in [9.17, 15) is 79.2 Å². The topological polar surface area (TPSA) is 384 Å². The summed E-state index contributed by atoms with van der Waals surface area (Å²) in [4.78, 5) is 40.3. The normalized spacial score (nSPS) is 19.6. The molecule has 0 bridgehead atoms. The van der Waals surface area contributed by atoms with Gasteiger partial charge in [-0.1, -0.05) is 29.8 Å². The largest absolute Gasteiger partial charge is 0.748 e. The lowest BCUT2D eigenvalue weighted by Crippen LogP contribution is -2.32. The highest BCUT2D eigenvalue weighted by atomic mass is 35.5. The lowest BCUT2D eigenvalue weighted by Gasteiger charge is -2.31. The lowest BCUT2D eigenvalue weighted by molar-refractivity contribution is -0.438. The molecule has 4 aromatic carbocycles. The summed E-state index contributed by atoms with van der Waals surface area (Å²) < 4.78 is 206. The van der Waals surface area contributed by atoms with E-state index < -0.39 is 105 Å². The molecule has 1 saturated heterocycles. The summed E-state index contributed by atoms with van der Waals surface area (Å²) in [7, 11) is -24.9. The molecule has 1 fully saturated rings. The van der Waals surface area contributed by atoms with Crippen molar-refractivity contribution in [3.63, 3.8) is 0 Å². The summed E-state index contributed by atoms with van der Waals surface area (Å²) in [5.74, 6) is -3.12. The Morgan fingerprint density at radius 1 is 0.674 bits per heavy atom. The quantitative estimate of drug-likeness (QED) is 0.0356. The fraction of sp³-hybridized carbons (Fsp3) is 0.418. The Kier molecular flexibility index (Phi) is 19.5. The number of amides is 2. The zero-order chi connectivity index (χ0) is 63.1. The van der Waals surface area contributed by atoms with Crippen LogP contribution in [0, 0.1) is 0 Å². The number of methoxy groups -OCH3 is 1. The van der Waals surface area contributed by atoms with Crippen LogP contribution in [-0.4, -0.2) is 157 Å². The number of nitrogens with zero attached hydrogens (tertiary/aromatic N) is 3. The van der Waals surface area contributed by atoms with Crippen LogP contribution in [-0.2, 0) is 94.9 Å². The van der Waals surface area contributed by atoms with Crippen molar-refractivity contribution < 1.29 is 103 Å². The molecule has 1 atom stereocenters. The maximum absolute atomic E-state index is 13.0. The number of benzene rings is 4. The van der Waals surface area contributed by atoms with Gasteiger partial charge in [-0.15, -0.1) is 5.06 Å². The molecule has 2 amide bonds. The first kappa shape index (κ1) is 66.1. The van der Waals surface area contributed by atoms with Gasteiger partial charge in [0.2, 0.25) is 5.69 Å². The number of carbonyl (C=O) groups excluding carboxylic acids is 3. The third-order valence-electron chi connectivity index (χ3n) is 15.4. The smallest absolute Gasteiger partial charge is 0.333 e. The van der Waals surface area contributed by atoms with Crippen LogP contribution in [0.25, 0.3) is 21.5 Å². The molecule has 86 heavy (non-hydrogen) atoms. The van der Waals surface area contributed by atoms with Gasteiger partial charge in [0.15, 0.2) is 5.71 Å². The molecule has 31 heteroatoms. The van der Waals surface area contributed by atoms with Gasteiger partial charge in [0.25, 0.3) is 11.8 Å². The van der Waals surface area contributed by atoms with Crippen LogP contribution >= 0.6 is 11.6 Å². The van der Waals surface area contributed by atoms with Crippen molar-refractivity contribution >= 4 is 119 Å². The fourth-order valence-electron chi connectivity index (χ4n) is 11.6. The summed E-state index contributed by atoms with van der Waals surface area (Å²) >= 11 is 7.32. The van der Waals surface area contributed by atoms with Gasteiger partial charge in [-0.05, 0) is 128 Å². The predicted molar refractivity (Wildman–Crippen MR) is 303 cm³/mol. The first-order valence-corrected chi connectivity index (χ1v) is 34.3. The minimum atomic E-state index is -5.44. The number of hydrogen-bond donors (Lipinski definition) is 0. The third-order valence-corrected chi connectivity index (χ3v) is 20.0. The zero-order valence-electron chi connectivity index (χ0n) is 46.7. The average Bonchev–Trinajstić information content (AvgIpc) is 1.52. The molecule has 3 heterocycles. The van der Waals surface area contributed by atoms with Gasteiger partial charge in [0, 0.05) is 83.6 Å². The van der Waals surface area contributed by atoms with Gasteiger partial charge in [-0.2, -0.15) is 4.58 Å².